The molecule has 0 bridgehead atoms. The molecule has 2 heterocycles. The minimum atomic E-state index is -0.560. The van der Waals surface area contributed by atoms with Gasteiger partial charge in [0.2, 0.25) is 0 Å². The molecule has 198 valence electrons. The average Bonchev–Trinajstić information content (AvgIpc) is 3.76. The second-order valence-corrected chi connectivity index (χ2v) is 10.9. The monoisotopic (exact) mass is 542 g/mol. The van der Waals surface area contributed by atoms with Crippen LogP contribution in [0.4, 0.5) is 20.7 Å². The van der Waals surface area contributed by atoms with Crippen LogP contribution < -0.4 is 15.0 Å². The maximum absolute atomic E-state index is 13.5. The minimum absolute atomic E-state index is 0.167. The Kier molecular flexibility index (Phi) is 7.17. The van der Waals surface area contributed by atoms with E-state index in [0.717, 1.165) is 47.9 Å². The zero-order valence-electron chi connectivity index (χ0n) is 21.2. The van der Waals surface area contributed by atoms with E-state index in [1.165, 1.54) is 12.1 Å². The minimum Gasteiger partial charge on any atom is -0.410 e. The van der Waals surface area contributed by atoms with Crippen molar-refractivity contribution in [3.05, 3.63) is 96.4 Å². The van der Waals surface area contributed by atoms with Gasteiger partial charge in [0.15, 0.2) is 5.82 Å². The molecule has 6 rings (SSSR count). The van der Waals surface area contributed by atoms with Crippen LogP contribution in [0, 0.1) is 5.82 Å². The molecule has 1 amide bonds. The molecule has 1 aliphatic heterocycles. The molecule has 0 radical (unpaired) electrons. The van der Waals surface area contributed by atoms with Crippen molar-refractivity contribution in [1.82, 2.24) is 9.97 Å². The lowest BCUT2D eigenvalue weighted by atomic mass is 10.1. The van der Waals surface area contributed by atoms with Crippen LogP contribution in [0.25, 0.3) is 11.4 Å². The molecule has 2 aliphatic rings. The van der Waals surface area contributed by atoms with Crippen molar-refractivity contribution in [2.24, 2.45) is 0 Å². The van der Waals surface area contributed by atoms with E-state index in [1.807, 2.05) is 42.5 Å². The number of rotatable bonds is 7. The van der Waals surface area contributed by atoms with E-state index in [0.29, 0.717) is 30.5 Å². The summed E-state index contributed by atoms with van der Waals surface area (Å²) in [7, 11) is 0. The number of nitrogens with zero attached hydrogens (tertiary/aromatic N) is 3. The molecule has 9 heteroatoms. The van der Waals surface area contributed by atoms with E-state index >= 15 is 0 Å². The van der Waals surface area contributed by atoms with Crippen molar-refractivity contribution in [3.8, 4) is 17.1 Å². The van der Waals surface area contributed by atoms with E-state index in [1.54, 1.807) is 36.0 Å². The molecule has 0 atom stereocenters. The quantitative estimate of drug-likeness (QED) is 0.285. The van der Waals surface area contributed by atoms with E-state index in [4.69, 9.17) is 19.4 Å². The molecule has 3 aromatic carbocycles. The van der Waals surface area contributed by atoms with Gasteiger partial charge in [-0.1, -0.05) is 18.2 Å². The number of hydrogen-bond acceptors (Lipinski definition) is 7. The third-order valence-corrected chi connectivity index (χ3v) is 8.20. The smallest absolute Gasteiger partial charge is 0.410 e. The highest BCUT2D eigenvalue weighted by Crippen LogP contribution is 2.59. The predicted octanol–water partition coefficient (Wildman–Crippen LogP) is 6.51. The topological polar surface area (TPSA) is 76.6 Å². The first-order chi connectivity index (χ1) is 19.1. The number of nitrogens with one attached hydrogen (secondary N) is 1. The largest absolute Gasteiger partial charge is 0.417 e. The molecule has 1 aliphatic carbocycles. The number of para-hydroxylation sites is 1. The number of aromatic nitrogens is 2. The summed E-state index contributed by atoms with van der Waals surface area (Å²) in [6, 6.07) is 25.0. The molecule has 0 unspecified atom stereocenters. The molecular formula is C30H27FN4O3S. The molecule has 0 spiro atoms. The van der Waals surface area contributed by atoms with Crippen molar-refractivity contribution >= 4 is 29.4 Å². The molecular weight excluding hydrogens is 515 g/mol. The fourth-order valence-corrected chi connectivity index (χ4v) is 5.68. The average molecular weight is 543 g/mol. The lowest BCUT2D eigenvalue weighted by Crippen LogP contribution is -2.37. The van der Waals surface area contributed by atoms with Crippen LogP contribution in [-0.4, -0.2) is 42.4 Å². The Balaban J connectivity index is 1.26. The Morgan fingerprint density at radius 3 is 2.36 bits per heavy atom. The second kappa shape index (κ2) is 11.0. The van der Waals surface area contributed by atoms with Gasteiger partial charge in [-0.05, 0) is 73.5 Å². The van der Waals surface area contributed by atoms with Crippen molar-refractivity contribution in [3.63, 3.8) is 0 Å². The summed E-state index contributed by atoms with van der Waals surface area (Å²) in [4.78, 5) is 25.5. The van der Waals surface area contributed by atoms with Gasteiger partial charge in [-0.15, -0.1) is 11.8 Å². The molecule has 7 nitrogen and oxygen atoms in total. The van der Waals surface area contributed by atoms with E-state index in [2.05, 4.69) is 16.3 Å². The van der Waals surface area contributed by atoms with Gasteiger partial charge in [-0.25, -0.2) is 19.2 Å². The molecule has 2 fully saturated rings. The third-order valence-electron chi connectivity index (χ3n) is 6.69. The van der Waals surface area contributed by atoms with Gasteiger partial charge in [-0.2, -0.15) is 0 Å². The zero-order chi connectivity index (χ0) is 26.7. The number of halogens is 1. The predicted molar refractivity (Wildman–Crippen MR) is 150 cm³/mol. The molecule has 1 aromatic heterocycles. The van der Waals surface area contributed by atoms with Crippen LogP contribution >= 0.6 is 11.8 Å². The highest BCUT2D eigenvalue weighted by atomic mass is 32.2. The van der Waals surface area contributed by atoms with Gasteiger partial charge in [0, 0.05) is 35.3 Å². The Hall–Kier alpha value is -3.95. The normalized spacial score (nSPS) is 16.0. The summed E-state index contributed by atoms with van der Waals surface area (Å²) >= 11 is 1.73. The lowest BCUT2D eigenvalue weighted by molar-refractivity contribution is 0.122. The first-order valence-corrected chi connectivity index (χ1v) is 13.7. The molecule has 1 N–H and O–H groups in total. The van der Waals surface area contributed by atoms with E-state index in [9.17, 15) is 9.18 Å². The summed E-state index contributed by atoms with van der Waals surface area (Å²) in [6.45, 7) is 2.84. The van der Waals surface area contributed by atoms with Gasteiger partial charge in [-0.3, -0.25) is 5.32 Å². The summed E-state index contributed by atoms with van der Waals surface area (Å²) in [5.41, 5.74) is 2.42. The first kappa shape index (κ1) is 25.3. The summed E-state index contributed by atoms with van der Waals surface area (Å²) < 4.78 is 24.2. The number of hydrogen-bond donors (Lipinski definition) is 1. The van der Waals surface area contributed by atoms with Gasteiger partial charge >= 0.3 is 6.09 Å². The number of ether oxygens (including phenoxy) is 2. The fraction of sp³-hybridized carbons (Fsp3) is 0.233. The summed E-state index contributed by atoms with van der Waals surface area (Å²) in [5, 5.41) is 2.75. The van der Waals surface area contributed by atoms with E-state index < -0.39 is 6.09 Å². The zero-order valence-corrected chi connectivity index (χ0v) is 22.0. The highest BCUT2D eigenvalue weighted by molar-refractivity contribution is 8.00. The van der Waals surface area contributed by atoms with E-state index in [-0.39, 0.29) is 10.6 Å². The highest BCUT2D eigenvalue weighted by Gasteiger charge is 2.47. The first-order valence-electron chi connectivity index (χ1n) is 12.9. The molecule has 39 heavy (non-hydrogen) atoms. The van der Waals surface area contributed by atoms with Gasteiger partial charge in [0.1, 0.15) is 17.4 Å². The fourth-order valence-electron chi connectivity index (χ4n) is 4.45. The van der Waals surface area contributed by atoms with Gasteiger partial charge in [0.25, 0.3) is 0 Å². The molecule has 1 saturated heterocycles. The summed E-state index contributed by atoms with van der Waals surface area (Å²) in [6.07, 6.45) is 1.41. The Labute approximate surface area is 230 Å². The van der Waals surface area contributed by atoms with Crippen LogP contribution in [0.15, 0.2) is 89.8 Å². The second-order valence-electron chi connectivity index (χ2n) is 9.49. The Bertz CT molecular complexity index is 1440. The Morgan fingerprint density at radius 1 is 0.949 bits per heavy atom. The Morgan fingerprint density at radius 2 is 1.67 bits per heavy atom. The van der Waals surface area contributed by atoms with Crippen molar-refractivity contribution < 1.29 is 18.7 Å². The number of benzene rings is 3. The van der Waals surface area contributed by atoms with Crippen LogP contribution in [0.1, 0.15) is 18.5 Å². The number of anilines is 2. The van der Waals surface area contributed by atoms with Crippen LogP contribution in [0.5, 0.6) is 5.75 Å². The number of morpholine rings is 1. The maximum Gasteiger partial charge on any atom is 0.417 e. The number of carbonyl (C=O) groups excluding carboxylic acids is 1. The lowest BCUT2D eigenvalue weighted by Gasteiger charge is -2.29. The number of carbonyl (C=O) groups is 1. The summed E-state index contributed by atoms with van der Waals surface area (Å²) in [5.74, 6) is 1.73. The SMILES string of the molecule is O=C(Nc1ccc(-c2nc(N3CCOCC3)cc(C3(Sc4ccc(F)cc4)CC3)n2)cc1)Oc1ccccc1. The van der Waals surface area contributed by atoms with Crippen LogP contribution in [0.2, 0.25) is 0 Å². The maximum atomic E-state index is 13.5. The van der Waals surface area contributed by atoms with Crippen molar-refractivity contribution in [2.45, 2.75) is 22.5 Å². The van der Waals surface area contributed by atoms with Crippen molar-refractivity contribution in [1.29, 1.82) is 0 Å². The van der Waals surface area contributed by atoms with Gasteiger partial charge < -0.3 is 14.4 Å². The molecule has 4 aromatic rings. The molecule has 1 saturated carbocycles. The number of thioether (sulfide) groups is 1. The third kappa shape index (κ3) is 6.05. The van der Waals surface area contributed by atoms with Crippen LogP contribution in [0.3, 0.4) is 0 Å². The van der Waals surface area contributed by atoms with Crippen LogP contribution in [-0.2, 0) is 9.48 Å². The van der Waals surface area contributed by atoms with Gasteiger partial charge in [0.05, 0.1) is 23.7 Å². The number of amides is 1. The van der Waals surface area contributed by atoms with Crippen molar-refractivity contribution in [2.75, 3.05) is 36.5 Å². The standard InChI is InChI=1S/C30H27FN4O3S/c31-22-8-12-25(13-9-22)39-30(14-15-30)26-20-27(35-16-18-37-19-17-35)34-28(33-26)21-6-10-23(11-7-21)32-29(36)38-24-4-2-1-3-5-24/h1-13,20H,14-19H2,(H,32,36).